The van der Waals surface area contributed by atoms with Crippen LogP contribution in [0.4, 0.5) is 16.2 Å². The Kier molecular flexibility index (Phi) is 4.35. The molecule has 0 aliphatic heterocycles. The van der Waals surface area contributed by atoms with Gasteiger partial charge in [0.15, 0.2) is 0 Å². The standard InChI is InChI=1S/C18H16ClN3O/c1-13-4-5-15(12-17(13)19)21-18(23)20-14-6-8-16(9-7-14)22-10-2-3-11-22/h2-12H,1H3,(H2,20,21,23). The lowest BCUT2D eigenvalue weighted by molar-refractivity contribution is 0.262. The zero-order valence-electron chi connectivity index (χ0n) is 12.6. The summed E-state index contributed by atoms with van der Waals surface area (Å²) in [5.41, 5.74) is 3.38. The van der Waals surface area contributed by atoms with Gasteiger partial charge in [-0.2, -0.15) is 0 Å². The molecule has 4 nitrogen and oxygen atoms in total. The van der Waals surface area contributed by atoms with Gasteiger partial charge >= 0.3 is 6.03 Å². The number of hydrogen-bond acceptors (Lipinski definition) is 1. The highest BCUT2D eigenvalue weighted by Crippen LogP contribution is 2.20. The maximum atomic E-state index is 12.0. The molecular formula is C18H16ClN3O. The number of anilines is 2. The van der Waals surface area contributed by atoms with Gasteiger partial charge in [0.05, 0.1) is 0 Å². The van der Waals surface area contributed by atoms with Gasteiger partial charge in [0.25, 0.3) is 0 Å². The number of aryl methyl sites for hydroxylation is 1. The molecule has 5 heteroatoms. The molecule has 0 radical (unpaired) electrons. The van der Waals surface area contributed by atoms with Crippen LogP contribution in [-0.2, 0) is 0 Å². The van der Waals surface area contributed by atoms with Gasteiger partial charge in [0.1, 0.15) is 0 Å². The quantitative estimate of drug-likeness (QED) is 0.692. The lowest BCUT2D eigenvalue weighted by Crippen LogP contribution is -2.19. The Bertz CT molecular complexity index is 811. The van der Waals surface area contributed by atoms with Crippen LogP contribution in [-0.4, -0.2) is 10.6 Å². The number of hydrogen-bond donors (Lipinski definition) is 2. The summed E-state index contributed by atoms with van der Waals surface area (Å²) < 4.78 is 2.00. The molecule has 2 aromatic carbocycles. The Morgan fingerprint density at radius 2 is 1.57 bits per heavy atom. The van der Waals surface area contributed by atoms with Crippen LogP contribution in [0.2, 0.25) is 5.02 Å². The van der Waals surface area contributed by atoms with Gasteiger partial charge in [-0.05, 0) is 61.0 Å². The molecule has 0 fully saturated rings. The van der Waals surface area contributed by atoms with E-state index in [1.165, 1.54) is 0 Å². The van der Waals surface area contributed by atoms with Crippen LogP contribution in [0.1, 0.15) is 5.56 Å². The molecule has 3 rings (SSSR count). The molecule has 0 atom stereocenters. The number of benzene rings is 2. The highest BCUT2D eigenvalue weighted by molar-refractivity contribution is 6.31. The van der Waals surface area contributed by atoms with E-state index in [1.807, 2.05) is 72.4 Å². The first kappa shape index (κ1) is 15.2. The Morgan fingerprint density at radius 3 is 2.22 bits per heavy atom. The molecule has 2 amide bonds. The van der Waals surface area contributed by atoms with Gasteiger partial charge in [-0.15, -0.1) is 0 Å². The molecule has 0 spiro atoms. The van der Waals surface area contributed by atoms with E-state index in [1.54, 1.807) is 6.07 Å². The largest absolute Gasteiger partial charge is 0.324 e. The van der Waals surface area contributed by atoms with E-state index in [0.717, 1.165) is 16.9 Å². The van der Waals surface area contributed by atoms with Crippen molar-refractivity contribution in [3.8, 4) is 5.69 Å². The van der Waals surface area contributed by atoms with E-state index >= 15 is 0 Å². The van der Waals surface area contributed by atoms with E-state index in [9.17, 15) is 4.79 Å². The Balaban J connectivity index is 1.64. The highest BCUT2D eigenvalue weighted by atomic mass is 35.5. The van der Waals surface area contributed by atoms with E-state index in [4.69, 9.17) is 11.6 Å². The monoisotopic (exact) mass is 325 g/mol. The Hall–Kier alpha value is -2.72. The van der Waals surface area contributed by atoms with Crippen LogP contribution in [0.3, 0.4) is 0 Å². The minimum absolute atomic E-state index is 0.307. The van der Waals surface area contributed by atoms with Crippen LogP contribution in [0.15, 0.2) is 67.0 Å². The maximum Gasteiger partial charge on any atom is 0.323 e. The second kappa shape index (κ2) is 6.58. The average Bonchev–Trinajstić information content (AvgIpc) is 3.06. The number of nitrogens with zero attached hydrogens (tertiary/aromatic N) is 1. The van der Waals surface area contributed by atoms with Gasteiger partial charge in [-0.3, -0.25) is 0 Å². The third kappa shape index (κ3) is 3.73. The first-order valence-corrected chi connectivity index (χ1v) is 7.57. The fourth-order valence-electron chi connectivity index (χ4n) is 2.19. The van der Waals surface area contributed by atoms with Crippen molar-refractivity contribution in [2.24, 2.45) is 0 Å². The predicted octanol–water partition coefficient (Wildman–Crippen LogP) is 5.08. The molecular weight excluding hydrogens is 310 g/mol. The third-order valence-electron chi connectivity index (χ3n) is 3.46. The molecule has 23 heavy (non-hydrogen) atoms. The summed E-state index contributed by atoms with van der Waals surface area (Å²) >= 11 is 6.05. The van der Waals surface area contributed by atoms with Crippen molar-refractivity contribution < 1.29 is 4.79 Å². The zero-order valence-corrected chi connectivity index (χ0v) is 13.3. The van der Waals surface area contributed by atoms with E-state index in [-0.39, 0.29) is 6.03 Å². The van der Waals surface area contributed by atoms with Crippen LogP contribution >= 0.6 is 11.6 Å². The number of urea groups is 1. The highest BCUT2D eigenvalue weighted by Gasteiger charge is 2.04. The molecule has 0 bridgehead atoms. The van der Waals surface area contributed by atoms with Gasteiger partial charge in [-0.1, -0.05) is 17.7 Å². The van der Waals surface area contributed by atoms with Crippen LogP contribution in [0.5, 0.6) is 0 Å². The lowest BCUT2D eigenvalue weighted by Gasteiger charge is -2.09. The Morgan fingerprint density at radius 1 is 0.957 bits per heavy atom. The number of carbonyl (C=O) groups is 1. The second-order valence-corrected chi connectivity index (χ2v) is 5.59. The topological polar surface area (TPSA) is 46.1 Å². The summed E-state index contributed by atoms with van der Waals surface area (Å²) in [5.74, 6) is 0. The fraction of sp³-hybridized carbons (Fsp3) is 0.0556. The van der Waals surface area contributed by atoms with Crippen LogP contribution in [0.25, 0.3) is 5.69 Å². The van der Waals surface area contributed by atoms with Gasteiger partial charge < -0.3 is 15.2 Å². The predicted molar refractivity (Wildman–Crippen MR) is 94.6 cm³/mol. The molecule has 0 saturated carbocycles. The number of carbonyl (C=O) groups excluding carboxylic acids is 1. The van der Waals surface area contributed by atoms with Crippen molar-refractivity contribution in [1.29, 1.82) is 0 Å². The lowest BCUT2D eigenvalue weighted by atomic mass is 10.2. The number of halogens is 1. The molecule has 1 heterocycles. The minimum Gasteiger partial charge on any atom is -0.324 e. The number of rotatable bonds is 3. The summed E-state index contributed by atoms with van der Waals surface area (Å²) in [7, 11) is 0. The van der Waals surface area contributed by atoms with Crippen molar-refractivity contribution in [3.05, 3.63) is 77.6 Å². The van der Waals surface area contributed by atoms with Gasteiger partial charge in [-0.25, -0.2) is 4.79 Å². The first-order chi connectivity index (χ1) is 11.1. The van der Waals surface area contributed by atoms with Crippen molar-refractivity contribution in [2.45, 2.75) is 6.92 Å². The fourth-order valence-corrected chi connectivity index (χ4v) is 2.37. The summed E-state index contributed by atoms with van der Waals surface area (Å²) in [5, 5.41) is 6.18. The number of aromatic nitrogens is 1. The molecule has 3 aromatic rings. The van der Waals surface area contributed by atoms with Crippen molar-refractivity contribution in [1.82, 2.24) is 4.57 Å². The molecule has 116 valence electrons. The minimum atomic E-state index is -0.307. The molecule has 0 aliphatic rings. The third-order valence-corrected chi connectivity index (χ3v) is 3.86. The normalized spacial score (nSPS) is 10.3. The van der Waals surface area contributed by atoms with Crippen LogP contribution < -0.4 is 10.6 Å². The number of nitrogens with one attached hydrogen (secondary N) is 2. The second-order valence-electron chi connectivity index (χ2n) is 5.18. The molecule has 2 N–H and O–H groups in total. The van der Waals surface area contributed by atoms with E-state index in [0.29, 0.717) is 10.7 Å². The smallest absolute Gasteiger partial charge is 0.323 e. The van der Waals surface area contributed by atoms with Crippen molar-refractivity contribution >= 4 is 29.0 Å². The average molecular weight is 326 g/mol. The van der Waals surface area contributed by atoms with Crippen molar-refractivity contribution in [3.63, 3.8) is 0 Å². The summed E-state index contributed by atoms with van der Waals surface area (Å²) in [6.07, 6.45) is 3.94. The van der Waals surface area contributed by atoms with E-state index in [2.05, 4.69) is 10.6 Å². The number of amides is 2. The van der Waals surface area contributed by atoms with E-state index < -0.39 is 0 Å². The molecule has 0 unspecified atom stereocenters. The van der Waals surface area contributed by atoms with Gasteiger partial charge in [0, 0.05) is 34.5 Å². The summed E-state index contributed by atoms with van der Waals surface area (Å²) in [6.45, 7) is 1.92. The maximum absolute atomic E-state index is 12.0. The summed E-state index contributed by atoms with van der Waals surface area (Å²) in [4.78, 5) is 12.0. The Labute approximate surface area is 139 Å². The molecule has 0 aliphatic carbocycles. The van der Waals surface area contributed by atoms with Crippen LogP contribution in [0, 0.1) is 6.92 Å². The zero-order chi connectivity index (χ0) is 16.2. The SMILES string of the molecule is Cc1ccc(NC(=O)Nc2ccc(-n3cccc3)cc2)cc1Cl. The summed E-state index contributed by atoms with van der Waals surface area (Å²) in [6, 6.07) is 16.6. The molecule has 1 aromatic heterocycles. The van der Waals surface area contributed by atoms with Gasteiger partial charge in [0.2, 0.25) is 0 Å². The molecule has 0 saturated heterocycles. The first-order valence-electron chi connectivity index (χ1n) is 7.19. The van der Waals surface area contributed by atoms with Crippen molar-refractivity contribution in [2.75, 3.05) is 10.6 Å².